The van der Waals surface area contributed by atoms with E-state index in [4.69, 9.17) is 17.0 Å². The Labute approximate surface area is 237 Å². The van der Waals surface area contributed by atoms with Crippen molar-refractivity contribution in [3.8, 4) is 0 Å². The Morgan fingerprint density at radius 3 is 2.62 bits per heavy atom. The lowest BCUT2D eigenvalue weighted by Crippen LogP contribution is -2.59. The zero-order valence-corrected chi connectivity index (χ0v) is 22.7. The van der Waals surface area contributed by atoms with E-state index >= 15 is 0 Å². The minimum Gasteiger partial charge on any atom is -0.481 e. The van der Waals surface area contributed by atoms with Crippen molar-refractivity contribution in [3.63, 3.8) is 0 Å². The number of hydrogen-bond acceptors (Lipinski definition) is 8. The number of Topliss-reactive ketones (excluding diaryl/α,β-unsaturated/α-hetero) is 1. The van der Waals surface area contributed by atoms with E-state index in [2.05, 4.69) is 0 Å². The molecule has 5 unspecified atom stereocenters. The summed E-state index contributed by atoms with van der Waals surface area (Å²) in [4.78, 5) is 65.7. The van der Waals surface area contributed by atoms with Gasteiger partial charge in [-0.3, -0.25) is 14.4 Å². The van der Waals surface area contributed by atoms with Crippen LogP contribution in [0.15, 0.2) is 47.1 Å². The number of unbranched alkanes of at least 4 members (excludes halogenated alkanes) is 1. The molecule has 1 spiro atoms. The molecule has 9 nitrogen and oxygen atoms in total. The van der Waals surface area contributed by atoms with Gasteiger partial charge in [-0.2, -0.15) is 0 Å². The maximum Gasteiger partial charge on any atom is 0.343 e. The van der Waals surface area contributed by atoms with E-state index in [-0.39, 0.29) is 42.4 Å². The van der Waals surface area contributed by atoms with Gasteiger partial charge in [0.15, 0.2) is 5.78 Å². The second kappa shape index (κ2) is 10.9. The summed E-state index contributed by atoms with van der Waals surface area (Å²) in [6.45, 7) is 3.67. The third kappa shape index (κ3) is 4.48. The van der Waals surface area contributed by atoms with E-state index in [0.29, 0.717) is 19.3 Å². The standard InChI is InChI=1S/C31H36O9/c1-3-5-7-8-9-11-12-18-14-23-30(17-24(33)34)16-20-25(28(36)38-27(20)35)26-19(18)15-22(21(32)13-10-6-4-2)39-31(23,26)40-29(30)37/h3-6,14,18-19,22,26H,7-13,15-17H2,1-2H3,(H,33,34)/b5-3+,6-4+/t18?,19?,22-,26?,30?,31?/m0/s1/i11D2,22D. The molecule has 40 heavy (non-hydrogen) atoms. The Morgan fingerprint density at radius 2 is 1.90 bits per heavy atom. The predicted octanol–water partition coefficient (Wildman–Crippen LogP) is 4.51. The first-order chi connectivity index (χ1) is 20.2. The van der Waals surface area contributed by atoms with Gasteiger partial charge in [0.05, 0.1) is 24.9 Å². The first-order valence-electron chi connectivity index (χ1n) is 15.4. The van der Waals surface area contributed by atoms with E-state index in [1.165, 1.54) is 0 Å². The normalized spacial score (nSPS) is 37.5. The molecule has 214 valence electrons. The largest absolute Gasteiger partial charge is 0.481 e. The lowest BCUT2D eigenvalue weighted by Gasteiger charge is -2.52. The molecular formula is C31H36O9. The second-order valence-electron chi connectivity index (χ2n) is 11.0. The number of hydrogen-bond donors (Lipinski definition) is 1. The van der Waals surface area contributed by atoms with Crippen LogP contribution >= 0.6 is 0 Å². The molecule has 2 aliphatic carbocycles. The van der Waals surface area contributed by atoms with Crippen molar-refractivity contribution in [1.82, 2.24) is 0 Å². The number of carbonyl (C=O) groups is 5. The average molecular weight is 556 g/mol. The van der Waals surface area contributed by atoms with Gasteiger partial charge in [-0.1, -0.05) is 43.2 Å². The molecule has 0 radical (unpaired) electrons. The number of aliphatic carboxylic acids is 1. The molecule has 2 fully saturated rings. The van der Waals surface area contributed by atoms with Gasteiger partial charge in [-0.05, 0) is 57.8 Å². The van der Waals surface area contributed by atoms with E-state index in [1.54, 1.807) is 25.2 Å². The molecule has 1 N–H and O–H groups in total. The smallest absolute Gasteiger partial charge is 0.343 e. The van der Waals surface area contributed by atoms with Crippen LogP contribution in [-0.4, -0.2) is 46.6 Å². The summed E-state index contributed by atoms with van der Waals surface area (Å²) in [6, 6.07) is 0. The fourth-order valence-electron chi connectivity index (χ4n) is 6.91. The van der Waals surface area contributed by atoms with Crippen molar-refractivity contribution >= 4 is 29.7 Å². The van der Waals surface area contributed by atoms with Gasteiger partial charge >= 0.3 is 23.9 Å². The number of ketones is 1. The van der Waals surface area contributed by atoms with Crippen LogP contribution in [0.2, 0.25) is 0 Å². The molecule has 0 aromatic heterocycles. The molecule has 6 atom stereocenters. The number of carboxylic acids is 1. The summed E-state index contributed by atoms with van der Waals surface area (Å²) < 4.78 is 44.0. The maximum atomic E-state index is 13.8. The van der Waals surface area contributed by atoms with Crippen molar-refractivity contribution < 1.29 is 47.4 Å². The first kappa shape index (κ1) is 24.5. The van der Waals surface area contributed by atoms with Crippen LogP contribution in [0.25, 0.3) is 0 Å². The molecule has 0 saturated carbocycles. The van der Waals surface area contributed by atoms with Crippen LogP contribution in [0, 0.1) is 23.2 Å². The van der Waals surface area contributed by atoms with Crippen molar-refractivity contribution in [2.45, 2.75) is 89.9 Å². The highest BCUT2D eigenvalue weighted by Gasteiger charge is 2.75. The van der Waals surface area contributed by atoms with E-state index in [1.807, 2.05) is 19.1 Å². The second-order valence-corrected chi connectivity index (χ2v) is 11.0. The summed E-state index contributed by atoms with van der Waals surface area (Å²) in [5.41, 5.74) is -2.18. The highest BCUT2D eigenvalue weighted by atomic mass is 16.7. The lowest BCUT2D eigenvalue weighted by molar-refractivity contribution is -0.268. The summed E-state index contributed by atoms with van der Waals surface area (Å²) in [6.07, 6.45) is 5.10. The van der Waals surface area contributed by atoms with Crippen LogP contribution in [0.3, 0.4) is 0 Å². The topological polar surface area (TPSA) is 133 Å². The van der Waals surface area contributed by atoms with Gasteiger partial charge in [-0.25, -0.2) is 9.59 Å². The monoisotopic (exact) mass is 555 g/mol. The Kier molecular flexibility index (Phi) is 6.68. The molecule has 2 saturated heterocycles. The Hall–Kier alpha value is -3.33. The van der Waals surface area contributed by atoms with Gasteiger partial charge in [0, 0.05) is 21.2 Å². The SMILES string of the molecule is [2H]C([2H])(CCC/C=C/C)CC1C=C2C3(CC(=O)O)CC4=C(C(=O)OC4=O)C4C1C[C@@]([2H])(C(=O)CC/C=C/C)OC24OC3=O. The van der Waals surface area contributed by atoms with Crippen LogP contribution in [0.5, 0.6) is 0 Å². The summed E-state index contributed by atoms with van der Waals surface area (Å²) in [5.74, 6) is -9.86. The molecule has 0 amide bonds. The molecule has 9 heteroatoms. The van der Waals surface area contributed by atoms with Gasteiger partial charge in [0.25, 0.3) is 0 Å². The minimum absolute atomic E-state index is 0.0379. The van der Waals surface area contributed by atoms with Gasteiger partial charge in [0.2, 0.25) is 5.79 Å². The Morgan fingerprint density at radius 1 is 1.15 bits per heavy atom. The molecule has 0 aromatic rings. The van der Waals surface area contributed by atoms with E-state index < -0.39 is 83.9 Å². The van der Waals surface area contributed by atoms with E-state index in [9.17, 15) is 30.4 Å². The molecule has 0 aromatic carbocycles. The molecular weight excluding hydrogens is 516 g/mol. The van der Waals surface area contributed by atoms with Crippen LogP contribution < -0.4 is 0 Å². The van der Waals surface area contributed by atoms with Crippen LogP contribution in [-0.2, 0) is 38.2 Å². The van der Waals surface area contributed by atoms with Gasteiger partial charge < -0.3 is 19.3 Å². The Bertz CT molecular complexity index is 1390. The summed E-state index contributed by atoms with van der Waals surface area (Å²) >= 11 is 0. The first-order valence-corrected chi connectivity index (χ1v) is 13.9. The molecule has 5 aliphatic rings. The van der Waals surface area contributed by atoms with Crippen LogP contribution in [0.4, 0.5) is 0 Å². The van der Waals surface area contributed by atoms with Gasteiger partial charge in [0.1, 0.15) is 11.5 Å². The number of ether oxygens (including phenoxy) is 3. The molecule has 5 bridgehead atoms. The molecule has 3 heterocycles. The number of carbonyl (C=O) groups excluding carboxylic acids is 4. The number of rotatable bonds is 12. The fraction of sp³-hybridized carbons (Fsp3) is 0.581. The van der Waals surface area contributed by atoms with Crippen molar-refractivity contribution in [2.24, 2.45) is 23.2 Å². The zero-order chi connectivity index (χ0) is 31.4. The lowest BCUT2D eigenvalue weighted by atomic mass is 9.59. The Balaban J connectivity index is 1.69. The van der Waals surface area contributed by atoms with Crippen molar-refractivity contribution in [1.29, 1.82) is 0 Å². The molecule has 3 aliphatic heterocycles. The summed E-state index contributed by atoms with van der Waals surface area (Å²) in [7, 11) is 0. The number of carboxylic acid groups (broad SMARTS) is 1. The summed E-state index contributed by atoms with van der Waals surface area (Å²) in [5, 5.41) is 9.93. The number of allylic oxidation sites excluding steroid dienone is 5. The maximum absolute atomic E-state index is 13.8. The quantitative estimate of drug-likeness (QED) is 0.160. The molecule has 5 rings (SSSR count). The predicted molar refractivity (Wildman–Crippen MR) is 141 cm³/mol. The minimum atomic E-state index is -2.24. The van der Waals surface area contributed by atoms with Crippen molar-refractivity contribution in [3.05, 3.63) is 47.1 Å². The van der Waals surface area contributed by atoms with Crippen LogP contribution in [0.1, 0.15) is 82.1 Å². The highest BCUT2D eigenvalue weighted by molar-refractivity contribution is 6.14. The highest BCUT2D eigenvalue weighted by Crippen LogP contribution is 2.67. The number of cyclic esters (lactones) is 2. The zero-order valence-electron chi connectivity index (χ0n) is 25.7. The number of esters is 3. The third-order valence-electron chi connectivity index (χ3n) is 8.63. The van der Waals surface area contributed by atoms with Gasteiger partial charge in [-0.15, -0.1) is 0 Å². The van der Waals surface area contributed by atoms with Crippen molar-refractivity contribution in [2.75, 3.05) is 0 Å². The average Bonchev–Trinajstić information content (AvgIpc) is 3.27. The third-order valence-corrected chi connectivity index (χ3v) is 8.63. The fourth-order valence-corrected chi connectivity index (χ4v) is 6.91. The van der Waals surface area contributed by atoms with E-state index in [0.717, 1.165) is 0 Å².